The summed E-state index contributed by atoms with van der Waals surface area (Å²) in [6.07, 6.45) is 0. The second kappa shape index (κ2) is 5.12. The number of aromatic nitrogens is 2. The zero-order valence-corrected chi connectivity index (χ0v) is 12.3. The normalized spacial score (nSPS) is 10.7. The number of halogens is 1. The van der Waals surface area contributed by atoms with Gasteiger partial charge in [0.1, 0.15) is 11.4 Å². The number of ether oxygens (including phenoxy) is 1. The van der Waals surface area contributed by atoms with Gasteiger partial charge < -0.3 is 10.5 Å². The summed E-state index contributed by atoms with van der Waals surface area (Å²) in [5, 5.41) is 7.23. The van der Waals surface area contributed by atoms with Gasteiger partial charge in [0.05, 0.1) is 17.3 Å². The van der Waals surface area contributed by atoms with E-state index in [0.717, 1.165) is 27.2 Å². The number of hydrogen-bond donors (Lipinski definition) is 2. The predicted molar refractivity (Wildman–Crippen MR) is 75.6 cm³/mol. The third-order valence-electron chi connectivity index (χ3n) is 3.05. The summed E-state index contributed by atoms with van der Waals surface area (Å²) in [6, 6.07) is 4.10. The number of nitrogens with two attached hydrogens (primary N) is 1. The Bertz CT molecular complexity index is 578. The molecular formula is C13H16BrN3O. The predicted octanol–water partition coefficient (Wildman–Crippen LogP) is 2.92. The number of aromatic amines is 1. The van der Waals surface area contributed by atoms with Crippen LogP contribution in [0.1, 0.15) is 16.8 Å². The number of aryl methyl sites for hydroxylation is 2. The largest absolute Gasteiger partial charge is 0.496 e. The van der Waals surface area contributed by atoms with E-state index in [1.807, 2.05) is 6.07 Å². The first-order valence-electron chi connectivity index (χ1n) is 5.67. The van der Waals surface area contributed by atoms with E-state index in [1.165, 1.54) is 11.1 Å². The summed E-state index contributed by atoms with van der Waals surface area (Å²) in [5.74, 6) is 0.814. The van der Waals surface area contributed by atoms with Crippen LogP contribution in [-0.2, 0) is 6.54 Å². The van der Waals surface area contributed by atoms with Crippen LogP contribution >= 0.6 is 15.9 Å². The van der Waals surface area contributed by atoms with Crippen molar-refractivity contribution >= 4 is 15.9 Å². The molecule has 0 fully saturated rings. The molecule has 3 N–H and O–H groups in total. The summed E-state index contributed by atoms with van der Waals surface area (Å²) in [5.41, 5.74) is 10.7. The molecule has 0 atom stereocenters. The summed E-state index contributed by atoms with van der Waals surface area (Å²) in [7, 11) is 1.66. The van der Waals surface area contributed by atoms with E-state index in [4.69, 9.17) is 10.5 Å². The van der Waals surface area contributed by atoms with Crippen LogP contribution in [0.2, 0.25) is 0 Å². The first kappa shape index (κ1) is 13.1. The third kappa shape index (κ3) is 2.15. The van der Waals surface area contributed by atoms with Gasteiger partial charge >= 0.3 is 0 Å². The van der Waals surface area contributed by atoms with Crippen molar-refractivity contribution in [1.82, 2.24) is 10.2 Å². The van der Waals surface area contributed by atoms with Crippen molar-refractivity contribution in [2.45, 2.75) is 20.4 Å². The van der Waals surface area contributed by atoms with Crippen LogP contribution in [0.15, 0.2) is 16.6 Å². The molecular weight excluding hydrogens is 294 g/mol. The Labute approximate surface area is 115 Å². The monoisotopic (exact) mass is 309 g/mol. The molecule has 2 aromatic rings. The molecule has 4 nitrogen and oxygen atoms in total. The lowest BCUT2D eigenvalue weighted by Crippen LogP contribution is -1.96. The zero-order valence-electron chi connectivity index (χ0n) is 10.7. The highest BCUT2D eigenvalue weighted by atomic mass is 79.9. The average Bonchev–Trinajstić information content (AvgIpc) is 2.73. The number of H-pyrrole nitrogens is 1. The number of methoxy groups -OCH3 is 1. The average molecular weight is 310 g/mol. The van der Waals surface area contributed by atoms with Crippen molar-refractivity contribution in [2.75, 3.05) is 7.11 Å². The molecule has 0 aliphatic rings. The molecule has 0 saturated carbocycles. The Morgan fingerprint density at radius 2 is 2.00 bits per heavy atom. The van der Waals surface area contributed by atoms with E-state index in [2.05, 4.69) is 46.0 Å². The highest BCUT2D eigenvalue weighted by Gasteiger charge is 2.16. The van der Waals surface area contributed by atoms with Gasteiger partial charge in [-0.05, 0) is 53.0 Å². The first-order valence-corrected chi connectivity index (χ1v) is 6.46. The van der Waals surface area contributed by atoms with E-state index in [9.17, 15) is 0 Å². The second-order valence-corrected chi connectivity index (χ2v) is 5.00. The van der Waals surface area contributed by atoms with Gasteiger partial charge in [0.15, 0.2) is 0 Å². The molecule has 0 saturated heterocycles. The van der Waals surface area contributed by atoms with Crippen LogP contribution in [0, 0.1) is 13.8 Å². The highest BCUT2D eigenvalue weighted by molar-refractivity contribution is 9.10. The van der Waals surface area contributed by atoms with E-state index >= 15 is 0 Å². The maximum atomic E-state index is 5.63. The topological polar surface area (TPSA) is 63.9 Å². The Morgan fingerprint density at radius 3 is 2.56 bits per heavy atom. The van der Waals surface area contributed by atoms with Gasteiger partial charge in [-0.3, -0.25) is 5.10 Å². The van der Waals surface area contributed by atoms with Crippen LogP contribution in [0.4, 0.5) is 0 Å². The zero-order chi connectivity index (χ0) is 13.3. The molecule has 96 valence electrons. The Kier molecular flexibility index (Phi) is 3.73. The molecule has 2 rings (SSSR count). The third-order valence-corrected chi connectivity index (χ3v) is 3.90. The SMILES string of the molecule is COc1cc(C)c(C)cc1-c1n[nH]c(CN)c1Br. The molecule has 0 amide bonds. The molecule has 1 aromatic carbocycles. The number of nitrogens with zero attached hydrogens (tertiary/aromatic N) is 1. The maximum Gasteiger partial charge on any atom is 0.128 e. The van der Waals surface area contributed by atoms with Gasteiger partial charge in [-0.1, -0.05) is 0 Å². The van der Waals surface area contributed by atoms with Gasteiger partial charge in [0.2, 0.25) is 0 Å². The van der Waals surface area contributed by atoms with Gasteiger partial charge in [-0.25, -0.2) is 0 Å². The van der Waals surface area contributed by atoms with E-state index in [1.54, 1.807) is 7.11 Å². The molecule has 0 spiro atoms. The minimum atomic E-state index is 0.417. The number of hydrogen-bond acceptors (Lipinski definition) is 3. The minimum absolute atomic E-state index is 0.417. The van der Waals surface area contributed by atoms with Crippen molar-refractivity contribution in [3.05, 3.63) is 33.4 Å². The molecule has 0 unspecified atom stereocenters. The first-order chi connectivity index (χ1) is 8.58. The van der Waals surface area contributed by atoms with E-state index in [0.29, 0.717) is 6.54 Å². The Hall–Kier alpha value is -1.33. The lowest BCUT2D eigenvalue weighted by molar-refractivity contribution is 0.416. The number of benzene rings is 1. The molecule has 0 aliphatic heterocycles. The van der Waals surface area contributed by atoms with Crippen LogP contribution in [0.25, 0.3) is 11.3 Å². The summed E-state index contributed by atoms with van der Waals surface area (Å²) in [6.45, 7) is 4.55. The van der Waals surface area contributed by atoms with Crippen molar-refractivity contribution in [3.63, 3.8) is 0 Å². The molecule has 0 aliphatic carbocycles. The minimum Gasteiger partial charge on any atom is -0.496 e. The standard InChI is InChI=1S/C13H16BrN3O/c1-7-4-9(11(18-3)5-8(7)2)13-12(14)10(6-15)16-17-13/h4-5H,6,15H2,1-3H3,(H,16,17). The smallest absolute Gasteiger partial charge is 0.128 e. The Morgan fingerprint density at radius 1 is 1.33 bits per heavy atom. The van der Waals surface area contributed by atoms with E-state index < -0.39 is 0 Å². The van der Waals surface area contributed by atoms with Crippen LogP contribution in [0.5, 0.6) is 5.75 Å². The second-order valence-electron chi connectivity index (χ2n) is 4.21. The van der Waals surface area contributed by atoms with Crippen LogP contribution in [0.3, 0.4) is 0 Å². The maximum absolute atomic E-state index is 5.63. The quantitative estimate of drug-likeness (QED) is 0.916. The molecule has 5 heteroatoms. The lowest BCUT2D eigenvalue weighted by atomic mass is 10.0. The highest BCUT2D eigenvalue weighted by Crippen LogP contribution is 2.36. The summed E-state index contributed by atoms with van der Waals surface area (Å²) >= 11 is 3.53. The molecule has 0 radical (unpaired) electrons. The van der Waals surface area contributed by atoms with Crippen LogP contribution < -0.4 is 10.5 Å². The number of rotatable bonds is 3. The van der Waals surface area contributed by atoms with Gasteiger partial charge in [-0.15, -0.1) is 0 Å². The fourth-order valence-corrected chi connectivity index (χ4v) is 2.37. The fourth-order valence-electron chi connectivity index (χ4n) is 1.82. The van der Waals surface area contributed by atoms with Crippen LogP contribution in [-0.4, -0.2) is 17.3 Å². The number of nitrogens with one attached hydrogen (secondary N) is 1. The fraction of sp³-hybridized carbons (Fsp3) is 0.308. The summed E-state index contributed by atoms with van der Waals surface area (Å²) < 4.78 is 6.32. The molecule has 0 bridgehead atoms. The van der Waals surface area contributed by atoms with Crippen molar-refractivity contribution < 1.29 is 4.74 Å². The summed E-state index contributed by atoms with van der Waals surface area (Å²) in [4.78, 5) is 0. The van der Waals surface area contributed by atoms with Crippen molar-refractivity contribution in [2.24, 2.45) is 5.73 Å². The van der Waals surface area contributed by atoms with Gasteiger partial charge in [0, 0.05) is 12.1 Å². The molecule has 1 aromatic heterocycles. The Balaban J connectivity index is 2.62. The molecule has 1 heterocycles. The van der Waals surface area contributed by atoms with E-state index in [-0.39, 0.29) is 0 Å². The lowest BCUT2D eigenvalue weighted by Gasteiger charge is -2.10. The molecule has 18 heavy (non-hydrogen) atoms. The van der Waals surface area contributed by atoms with Crippen molar-refractivity contribution in [3.8, 4) is 17.0 Å². The van der Waals surface area contributed by atoms with Gasteiger partial charge in [-0.2, -0.15) is 5.10 Å². The van der Waals surface area contributed by atoms with Crippen molar-refractivity contribution in [1.29, 1.82) is 0 Å². The van der Waals surface area contributed by atoms with Gasteiger partial charge in [0.25, 0.3) is 0 Å².